The van der Waals surface area contributed by atoms with Gasteiger partial charge in [0.1, 0.15) is 5.75 Å². The molecule has 4 rings (SSSR count). The Morgan fingerprint density at radius 1 is 1.07 bits per heavy atom. The van der Waals surface area contributed by atoms with E-state index in [1.54, 1.807) is 0 Å². The van der Waals surface area contributed by atoms with Gasteiger partial charge >= 0.3 is 0 Å². The van der Waals surface area contributed by atoms with E-state index in [0.717, 1.165) is 31.4 Å². The van der Waals surface area contributed by atoms with Crippen LogP contribution < -0.4 is 4.74 Å². The van der Waals surface area contributed by atoms with Crippen LogP contribution in [0.1, 0.15) is 37.7 Å². The van der Waals surface area contributed by atoms with Gasteiger partial charge in [-0.15, -0.1) is 0 Å². The molecule has 0 aliphatic carbocycles. The number of ether oxygens (including phenoxy) is 1. The Morgan fingerprint density at radius 3 is 2.50 bits per heavy atom. The SMILES string of the molecule is O=C(CCCOc1ccccc1)N1[C@@H]2CC[C@H]1[C@](CO)(Cc1ccccc1)C2. The number of hydrogen-bond donors (Lipinski definition) is 1. The maximum absolute atomic E-state index is 13.0. The monoisotopic (exact) mass is 379 g/mol. The minimum atomic E-state index is -0.194. The fourth-order valence-electron chi connectivity index (χ4n) is 5.14. The van der Waals surface area contributed by atoms with Crippen molar-refractivity contribution >= 4 is 5.91 Å². The molecule has 0 spiro atoms. The molecule has 0 saturated carbocycles. The van der Waals surface area contributed by atoms with E-state index in [1.807, 2.05) is 48.5 Å². The summed E-state index contributed by atoms with van der Waals surface area (Å²) in [6.45, 7) is 0.693. The summed E-state index contributed by atoms with van der Waals surface area (Å²) in [4.78, 5) is 15.1. The van der Waals surface area contributed by atoms with E-state index >= 15 is 0 Å². The third-order valence-corrected chi connectivity index (χ3v) is 6.40. The molecular formula is C24H29NO3. The molecule has 148 valence electrons. The van der Waals surface area contributed by atoms with E-state index in [1.165, 1.54) is 5.56 Å². The standard InChI is InChI=1S/C24H29NO3/c26-18-24(16-19-8-3-1-4-9-19)17-20-13-14-22(24)25(20)23(27)12-7-15-28-21-10-5-2-6-11-21/h1-6,8-11,20,22,26H,7,12-18H2/t20-,22+,24-/m1/s1. The molecule has 2 aromatic carbocycles. The molecule has 1 N–H and O–H groups in total. The summed E-state index contributed by atoms with van der Waals surface area (Å²) in [6.07, 6.45) is 5.04. The third kappa shape index (κ3) is 3.79. The second kappa shape index (κ2) is 8.36. The lowest BCUT2D eigenvalue weighted by molar-refractivity contribution is -0.133. The number of aliphatic hydroxyl groups excluding tert-OH is 1. The lowest BCUT2D eigenvalue weighted by Crippen LogP contribution is -2.43. The number of para-hydroxylation sites is 1. The number of aliphatic hydroxyl groups is 1. The van der Waals surface area contributed by atoms with Crippen LogP contribution in [-0.4, -0.2) is 41.2 Å². The molecule has 2 fully saturated rings. The van der Waals surface area contributed by atoms with Gasteiger partial charge in [-0.3, -0.25) is 4.79 Å². The number of benzene rings is 2. The summed E-state index contributed by atoms with van der Waals surface area (Å²) in [5.41, 5.74) is 1.05. The highest BCUT2D eigenvalue weighted by Crippen LogP contribution is 2.51. The predicted molar refractivity (Wildman–Crippen MR) is 109 cm³/mol. The maximum Gasteiger partial charge on any atom is 0.223 e. The summed E-state index contributed by atoms with van der Waals surface area (Å²) in [5.74, 6) is 1.06. The van der Waals surface area contributed by atoms with Gasteiger partial charge in [-0.05, 0) is 49.8 Å². The van der Waals surface area contributed by atoms with E-state index in [2.05, 4.69) is 17.0 Å². The van der Waals surface area contributed by atoms with Crippen LogP contribution in [0.3, 0.4) is 0 Å². The largest absolute Gasteiger partial charge is 0.494 e. The summed E-state index contributed by atoms with van der Waals surface area (Å²) >= 11 is 0. The van der Waals surface area contributed by atoms with Crippen LogP contribution >= 0.6 is 0 Å². The number of carbonyl (C=O) groups excluding carboxylic acids is 1. The van der Waals surface area contributed by atoms with Gasteiger partial charge in [-0.2, -0.15) is 0 Å². The van der Waals surface area contributed by atoms with Crippen molar-refractivity contribution in [3.8, 4) is 5.75 Å². The predicted octanol–water partition coefficient (Wildman–Crippen LogP) is 3.83. The van der Waals surface area contributed by atoms with Crippen molar-refractivity contribution in [3.05, 3.63) is 66.2 Å². The first-order chi connectivity index (χ1) is 13.7. The average molecular weight is 380 g/mol. The summed E-state index contributed by atoms with van der Waals surface area (Å²) in [7, 11) is 0. The van der Waals surface area contributed by atoms with Gasteiger partial charge in [0.15, 0.2) is 0 Å². The Balaban J connectivity index is 1.35. The Labute approximate surface area is 167 Å². The Morgan fingerprint density at radius 2 is 1.79 bits per heavy atom. The Hall–Kier alpha value is -2.33. The molecule has 2 heterocycles. The van der Waals surface area contributed by atoms with Gasteiger partial charge in [0.25, 0.3) is 0 Å². The van der Waals surface area contributed by atoms with Crippen LogP contribution in [0.15, 0.2) is 60.7 Å². The van der Waals surface area contributed by atoms with Crippen molar-refractivity contribution in [3.63, 3.8) is 0 Å². The molecule has 1 amide bonds. The van der Waals surface area contributed by atoms with E-state index in [-0.39, 0.29) is 30.0 Å². The lowest BCUT2D eigenvalue weighted by Gasteiger charge is -2.36. The molecule has 2 aliphatic heterocycles. The topological polar surface area (TPSA) is 49.8 Å². The van der Waals surface area contributed by atoms with Crippen molar-refractivity contribution in [2.24, 2.45) is 5.41 Å². The van der Waals surface area contributed by atoms with Crippen LogP contribution in [0.5, 0.6) is 5.75 Å². The van der Waals surface area contributed by atoms with Crippen LogP contribution in [0.25, 0.3) is 0 Å². The van der Waals surface area contributed by atoms with Crippen molar-refractivity contribution in [1.82, 2.24) is 4.90 Å². The van der Waals surface area contributed by atoms with E-state index in [4.69, 9.17) is 4.74 Å². The zero-order valence-corrected chi connectivity index (χ0v) is 16.3. The Bertz CT molecular complexity index is 779. The summed E-state index contributed by atoms with van der Waals surface area (Å²) in [5, 5.41) is 10.3. The fourth-order valence-corrected chi connectivity index (χ4v) is 5.14. The van der Waals surface area contributed by atoms with Crippen LogP contribution in [-0.2, 0) is 11.2 Å². The molecule has 2 aromatic rings. The van der Waals surface area contributed by atoms with Gasteiger partial charge < -0.3 is 14.7 Å². The molecule has 2 bridgehead atoms. The number of carbonyl (C=O) groups is 1. The van der Waals surface area contributed by atoms with Gasteiger partial charge in [-0.25, -0.2) is 0 Å². The molecule has 4 nitrogen and oxygen atoms in total. The highest BCUT2D eigenvalue weighted by molar-refractivity contribution is 5.78. The van der Waals surface area contributed by atoms with Crippen molar-refractivity contribution in [2.45, 2.75) is 50.6 Å². The zero-order chi connectivity index (χ0) is 19.4. The van der Waals surface area contributed by atoms with E-state index in [0.29, 0.717) is 19.4 Å². The lowest BCUT2D eigenvalue weighted by atomic mass is 9.70. The second-order valence-corrected chi connectivity index (χ2v) is 8.20. The molecular weight excluding hydrogens is 350 g/mol. The van der Waals surface area contributed by atoms with Crippen molar-refractivity contribution in [2.75, 3.05) is 13.2 Å². The smallest absolute Gasteiger partial charge is 0.223 e. The van der Waals surface area contributed by atoms with Gasteiger partial charge in [0.05, 0.1) is 13.2 Å². The average Bonchev–Trinajstić information content (AvgIpc) is 3.29. The first-order valence-electron chi connectivity index (χ1n) is 10.4. The molecule has 0 aromatic heterocycles. The van der Waals surface area contributed by atoms with Crippen molar-refractivity contribution < 1.29 is 14.6 Å². The molecule has 3 atom stereocenters. The Kier molecular flexibility index (Phi) is 5.67. The molecule has 0 unspecified atom stereocenters. The third-order valence-electron chi connectivity index (χ3n) is 6.40. The first-order valence-corrected chi connectivity index (χ1v) is 10.4. The number of amides is 1. The summed E-state index contributed by atoms with van der Waals surface area (Å²) in [6, 6.07) is 20.5. The summed E-state index contributed by atoms with van der Waals surface area (Å²) < 4.78 is 5.72. The maximum atomic E-state index is 13.0. The minimum Gasteiger partial charge on any atom is -0.494 e. The number of rotatable bonds is 8. The fraction of sp³-hybridized carbons (Fsp3) is 0.458. The van der Waals surface area contributed by atoms with E-state index < -0.39 is 0 Å². The molecule has 2 aliphatic rings. The van der Waals surface area contributed by atoms with Gasteiger partial charge in [0, 0.05) is 23.9 Å². The second-order valence-electron chi connectivity index (χ2n) is 8.20. The molecule has 4 heteroatoms. The van der Waals surface area contributed by atoms with Gasteiger partial charge in [-0.1, -0.05) is 48.5 Å². The normalized spacial score (nSPS) is 25.8. The van der Waals surface area contributed by atoms with Crippen molar-refractivity contribution in [1.29, 1.82) is 0 Å². The number of fused-ring (bicyclic) bond motifs is 2. The molecule has 0 radical (unpaired) electrons. The van der Waals surface area contributed by atoms with Gasteiger partial charge in [0.2, 0.25) is 5.91 Å². The number of hydrogen-bond acceptors (Lipinski definition) is 3. The van der Waals surface area contributed by atoms with E-state index in [9.17, 15) is 9.90 Å². The number of nitrogens with zero attached hydrogens (tertiary/aromatic N) is 1. The quantitative estimate of drug-likeness (QED) is 0.709. The van der Waals surface area contributed by atoms with Crippen LogP contribution in [0.4, 0.5) is 0 Å². The van der Waals surface area contributed by atoms with Crippen LogP contribution in [0, 0.1) is 5.41 Å². The van der Waals surface area contributed by atoms with Crippen LogP contribution in [0.2, 0.25) is 0 Å². The molecule has 28 heavy (non-hydrogen) atoms. The molecule has 2 saturated heterocycles. The zero-order valence-electron chi connectivity index (χ0n) is 16.3. The first kappa shape index (κ1) is 19.0. The minimum absolute atomic E-state index is 0.143. The highest BCUT2D eigenvalue weighted by atomic mass is 16.5. The highest BCUT2D eigenvalue weighted by Gasteiger charge is 2.56.